The van der Waals surface area contributed by atoms with Gasteiger partial charge >= 0.3 is 0 Å². The maximum Gasteiger partial charge on any atom is 0.117 e. The minimum absolute atomic E-state index is 1.00. The molecule has 0 unspecified atom stereocenters. The molecule has 0 bridgehead atoms. The lowest BCUT2D eigenvalue weighted by Crippen LogP contribution is -1.91. The average molecular weight is 214 g/mol. The van der Waals surface area contributed by atoms with Crippen molar-refractivity contribution in [2.24, 2.45) is 14.1 Å². The molecule has 2 heterocycles. The van der Waals surface area contributed by atoms with Gasteiger partial charge in [0.05, 0.1) is 11.0 Å². The molecule has 0 amide bonds. The van der Waals surface area contributed by atoms with Crippen LogP contribution in [-0.2, 0) is 14.1 Å². The first-order valence-corrected chi connectivity index (χ1v) is 5.34. The van der Waals surface area contributed by atoms with E-state index in [4.69, 9.17) is 0 Å². The Hall–Kier alpha value is -1.84. The van der Waals surface area contributed by atoms with Gasteiger partial charge in [-0.05, 0) is 26.0 Å². The van der Waals surface area contributed by atoms with Gasteiger partial charge in [0.15, 0.2) is 0 Å². The second-order valence-electron chi connectivity index (χ2n) is 4.24. The number of imidazole rings is 2. The molecule has 3 aromatic rings. The van der Waals surface area contributed by atoms with Crippen molar-refractivity contribution in [3.63, 3.8) is 0 Å². The fourth-order valence-electron chi connectivity index (χ4n) is 2.14. The molecule has 0 aliphatic heterocycles. The SMILES string of the molecule is Cc1nc2c3nc(C)n(C)c3ccc2n1C. The van der Waals surface area contributed by atoms with Crippen LogP contribution >= 0.6 is 0 Å². The maximum absolute atomic E-state index is 4.58. The van der Waals surface area contributed by atoms with Gasteiger partial charge in [-0.3, -0.25) is 0 Å². The lowest BCUT2D eigenvalue weighted by molar-refractivity contribution is 0.882. The van der Waals surface area contributed by atoms with Gasteiger partial charge in [0, 0.05) is 14.1 Å². The van der Waals surface area contributed by atoms with Crippen LogP contribution in [0.2, 0.25) is 0 Å². The first kappa shape index (κ1) is 9.39. The van der Waals surface area contributed by atoms with Crippen molar-refractivity contribution in [3.8, 4) is 0 Å². The molecule has 0 atom stereocenters. The summed E-state index contributed by atoms with van der Waals surface area (Å²) < 4.78 is 4.19. The fourth-order valence-corrected chi connectivity index (χ4v) is 2.14. The molecule has 0 aliphatic rings. The first-order chi connectivity index (χ1) is 7.59. The molecule has 0 aliphatic carbocycles. The molecule has 2 aromatic heterocycles. The molecule has 4 nitrogen and oxygen atoms in total. The highest BCUT2D eigenvalue weighted by atomic mass is 15.1. The Bertz CT molecular complexity index is 641. The molecule has 0 N–H and O–H groups in total. The Kier molecular flexibility index (Phi) is 1.67. The molecule has 82 valence electrons. The van der Waals surface area contributed by atoms with Crippen molar-refractivity contribution >= 4 is 22.1 Å². The third-order valence-corrected chi connectivity index (χ3v) is 3.35. The zero-order valence-corrected chi connectivity index (χ0v) is 9.94. The van der Waals surface area contributed by atoms with Gasteiger partial charge in [0.2, 0.25) is 0 Å². The topological polar surface area (TPSA) is 35.6 Å². The third kappa shape index (κ3) is 0.988. The molecule has 0 spiro atoms. The summed E-state index contributed by atoms with van der Waals surface area (Å²) in [6.07, 6.45) is 0. The zero-order chi connectivity index (χ0) is 11.4. The fraction of sp³-hybridized carbons (Fsp3) is 0.333. The Morgan fingerprint density at radius 1 is 0.812 bits per heavy atom. The van der Waals surface area contributed by atoms with Crippen molar-refractivity contribution in [2.45, 2.75) is 13.8 Å². The van der Waals surface area contributed by atoms with Crippen molar-refractivity contribution in [1.82, 2.24) is 19.1 Å². The summed E-state index contributed by atoms with van der Waals surface area (Å²) >= 11 is 0. The number of aromatic nitrogens is 4. The predicted octanol–water partition coefficient (Wildman–Crippen LogP) is 2.08. The standard InChI is InChI=1S/C12H14N4/c1-7-13-11-9(15(7)3)5-6-10-12(11)14-8(2)16(10)4/h5-6H,1-4H3. The van der Waals surface area contributed by atoms with Crippen molar-refractivity contribution in [2.75, 3.05) is 0 Å². The highest BCUT2D eigenvalue weighted by Crippen LogP contribution is 2.24. The van der Waals surface area contributed by atoms with Crippen LogP contribution in [-0.4, -0.2) is 19.1 Å². The molecule has 1 aromatic carbocycles. The number of aryl methyl sites for hydroxylation is 4. The molecular weight excluding hydrogens is 200 g/mol. The maximum atomic E-state index is 4.58. The molecule has 0 saturated carbocycles. The number of rotatable bonds is 0. The van der Waals surface area contributed by atoms with E-state index in [9.17, 15) is 0 Å². The molecule has 0 fully saturated rings. The molecule has 4 heteroatoms. The van der Waals surface area contributed by atoms with Gasteiger partial charge in [0.25, 0.3) is 0 Å². The van der Waals surface area contributed by atoms with Gasteiger partial charge in [-0.2, -0.15) is 0 Å². The minimum Gasteiger partial charge on any atom is -0.331 e. The summed E-state index contributed by atoms with van der Waals surface area (Å²) in [5, 5.41) is 0. The average Bonchev–Trinajstić information content (AvgIpc) is 2.70. The zero-order valence-electron chi connectivity index (χ0n) is 9.94. The van der Waals surface area contributed by atoms with E-state index in [0.29, 0.717) is 0 Å². The molecule has 0 radical (unpaired) electrons. The van der Waals surface area contributed by atoms with E-state index < -0.39 is 0 Å². The first-order valence-electron chi connectivity index (χ1n) is 5.34. The van der Waals surface area contributed by atoms with Gasteiger partial charge in [-0.25, -0.2) is 9.97 Å². The second-order valence-corrected chi connectivity index (χ2v) is 4.24. The van der Waals surface area contributed by atoms with Crippen LogP contribution < -0.4 is 0 Å². The number of fused-ring (bicyclic) bond motifs is 3. The Labute approximate surface area is 93.5 Å². The molecule has 3 rings (SSSR count). The molecule has 0 saturated heterocycles. The van der Waals surface area contributed by atoms with Crippen molar-refractivity contribution in [1.29, 1.82) is 0 Å². The van der Waals surface area contributed by atoms with Crippen LogP contribution in [0.1, 0.15) is 11.6 Å². The smallest absolute Gasteiger partial charge is 0.117 e. The van der Waals surface area contributed by atoms with E-state index in [1.165, 1.54) is 0 Å². The van der Waals surface area contributed by atoms with E-state index in [0.717, 1.165) is 33.7 Å². The summed E-state index contributed by atoms with van der Waals surface area (Å²) in [5.41, 5.74) is 4.29. The number of hydrogen-bond acceptors (Lipinski definition) is 2. The normalized spacial score (nSPS) is 11.8. The van der Waals surface area contributed by atoms with E-state index >= 15 is 0 Å². The minimum atomic E-state index is 1.00. The number of benzene rings is 1. The summed E-state index contributed by atoms with van der Waals surface area (Å²) in [6, 6.07) is 4.22. The largest absolute Gasteiger partial charge is 0.331 e. The summed E-state index contributed by atoms with van der Waals surface area (Å²) in [7, 11) is 4.07. The van der Waals surface area contributed by atoms with Gasteiger partial charge in [-0.15, -0.1) is 0 Å². The summed E-state index contributed by atoms with van der Waals surface area (Å²) in [6.45, 7) is 4.03. The van der Waals surface area contributed by atoms with Crippen LogP contribution in [0.5, 0.6) is 0 Å². The van der Waals surface area contributed by atoms with Crippen molar-refractivity contribution < 1.29 is 0 Å². The van der Waals surface area contributed by atoms with E-state index in [1.54, 1.807) is 0 Å². The predicted molar refractivity (Wildman–Crippen MR) is 64.5 cm³/mol. The van der Waals surface area contributed by atoms with Crippen LogP contribution in [0.4, 0.5) is 0 Å². The van der Waals surface area contributed by atoms with Crippen LogP contribution in [0.25, 0.3) is 22.1 Å². The number of hydrogen-bond donors (Lipinski definition) is 0. The monoisotopic (exact) mass is 214 g/mol. The highest BCUT2D eigenvalue weighted by molar-refractivity contribution is 6.00. The van der Waals surface area contributed by atoms with Crippen LogP contribution in [0.3, 0.4) is 0 Å². The number of nitrogens with zero attached hydrogens (tertiary/aromatic N) is 4. The quantitative estimate of drug-likeness (QED) is 0.574. The lowest BCUT2D eigenvalue weighted by atomic mass is 10.2. The summed E-state index contributed by atoms with van der Waals surface area (Å²) in [5.74, 6) is 2.04. The Balaban J connectivity index is 2.59. The van der Waals surface area contributed by atoms with E-state index in [2.05, 4.69) is 31.2 Å². The Morgan fingerprint density at radius 3 is 1.56 bits per heavy atom. The van der Waals surface area contributed by atoms with E-state index in [1.807, 2.05) is 27.9 Å². The van der Waals surface area contributed by atoms with Crippen molar-refractivity contribution in [3.05, 3.63) is 23.8 Å². The Morgan fingerprint density at radius 2 is 1.19 bits per heavy atom. The van der Waals surface area contributed by atoms with Crippen LogP contribution in [0.15, 0.2) is 12.1 Å². The second kappa shape index (κ2) is 2.84. The third-order valence-electron chi connectivity index (χ3n) is 3.35. The van der Waals surface area contributed by atoms with Gasteiger partial charge in [-0.1, -0.05) is 0 Å². The van der Waals surface area contributed by atoms with Crippen LogP contribution in [0, 0.1) is 13.8 Å². The lowest BCUT2D eigenvalue weighted by Gasteiger charge is -1.97. The van der Waals surface area contributed by atoms with E-state index in [-0.39, 0.29) is 0 Å². The summed E-state index contributed by atoms with van der Waals surface area (Å²) in [4.78, 5) is 9.16. The molecular formula is C12H14N4. The van der Waals surface area contributed by atoms with Gasteiger partial charge in [0.1, 0.15) is 22.7 Å². The molecule has 16 heavy (non-hydrogen) atoms. The van der Waals surface area contributed by atoms with Gasteiger partial charge < -0.3 is 9.13 Å². The highest BCUT2D eigenvalue weighted by Gasteiger charge is 2.12.